The number of aryl methyl sites for hydroxylation is 1. The Hall–Kier alpha value is -3.15. The second-order valence-corrected chi connectivity index (χ2v) is 5.57. The molecule has 1 atom stereocenters. The Morgan fingerprint density at radius 1 is 1.17 bits per heavy atom. The third-order valence-electron chi connectivity index (χ3n) is 3.85. The fourth-order valence-electron chi connectivity index (χ4n) is 2.56. The summed E-state index contributed by atoms with van der Waals surface area (Å²) in [6, 6.07) is 12.3. The van der Waals surface area contributed by atoms with E-state index in [1.807, 2.05) is 43.5 Å². The third kappa shape index (κ3) is 3.12. The molecule has 1 aromatic carbocycles. The average Bonchev–Trinajstić information content (AvgIpc) is 3.11. The van der Waals surface area contributed by atoms with Gasteiger partial charge in [-0.2, -0.15) is 5.10 Å². The molecule has 1 N–H and O–H groups in total. The van der Waals surface area contributed by atoms with Crippen LogP contribution in [0.2, 0.25) is 0 Å². The lowest BCUT2D eigenvalue weighted by Crippen LogP contribution is -2.29. The van der Waals surface area contributed by atoms with Gasteiger partial charge < -0.3 is 9.88 Å². The van der Waals surface area contributed by atoms with E-state index in [4.69, 9.17) is 0 Å². The fraction of sp³-hybridized carbons (Fsp3) is 0.167. The normalized spacial score (nSPS) is 11.9. The molecule has 6 heteroatoms. The SMILES string of the molecule is C[C@@H](NC(=O)c1ccc(=O)n(C)c1)c1ccccc1-n1cccn1. The topological polar surface area (TPSA) is 68.9 Å². The van der Waals surface area contributed by atoms with Crippen LogP contribution in [-0.4, -0.2) is 20.3 Å². The predicted octanol–water partition coefficient (Wildman–Crippen LogP) is 2.06. The second-order valence-electron chi connectivity index (χ2n) is 5.57. The molecule has 0 saturated carbocycles. The van der Waals surface area contributed by atoms with Crippen LogP contribution in [0.15, 0.2) is 65.8 Å². The van der Waals surface area contributed by atoms with Gasteiger partial charge >= 0.3 is 0 Å². The Bertz CT molecular complexity index is 913. The molecule has 0 bridgehead atoms. The van der Waals surface area contributed by atoms with Gasteiger partial charge in [0.25, 0.3) is 5.91 Å². The Labute approximate surface area is 139 Å². The van der Waals surface area contributed by atoms with Crippen LogP contribution >= 0.6 is 0 Å². The number of rotatable bonds is 4. The molecule has 1 amide bonds. The largest absolute Gasteiger partial charge is 0.345 e. The van der Waals surface area contributed by atoms with Gasteiger partial charge in [-0.15, -0.1) is 0 Å². The van der Waals surface area contributed by atoms with Crippen molar-refractivity contribution in [3.63, 3.8) is 0 Å². The van der Waals surface area contributed by atoms with Crippen LogP contribution < -0.4 is 10.9 Å². The number of nitrogens with zero attached hydrogens (tertiary/aromatic N) is 3. The van der Waals surface area contributed by atoms with E-state index in [0.717, 1.165) is 11.3 Å². The Balaban J connectivity index is 1.85. The summed E-state index contributed by atoms with van der Waals surface area (Å²) >= 11 is 0. The molecule has 0 aliphatic carbocycles. The number of carbonyl (C=O) groups is 1. The molecule has 24 heavy (non-hydrogen) atoms. The molecule has 3 rings (SSSR count). The maximum atomic E-state index is 12.4. The zero-order valence-corrected chi connectivity index (χ0v) is 13.5. The minimum Gasteiger partial charge on any atom is -0.345 e. The van der Waals surface area contributed by atoms with Gasteiger partial charge in [0.05, 0.1) is 17.3 Å². The molecule has 0 radical (unpaired) electrons. The van der Waals surface area contributed by atoms with Crippen molar-refractivity contribution in [1.29, 1.82) is 0 Å². The number of hydrogen-bond acceptors (Lipinski definition) is 3. The Kier molecular flexibility index (Phi) is 4.29. The van der Waals surface area contributed by atoms with Gasteiger partial charge in [-0.25, -0.2) is 4.68 Å². The smallest absolute Gasteiger partial charge is 0.253 e. The van der Waals surface area contributed by atoms with Crippen molar-refractivity contribution in [1.82, 2.24) is 19.7 Å². The molecule has 0 unspecified atom stereocenters. The summed E-state index contributed by atoms with van der Waals surface area (Å²) in [5, 5.41) is 7.22. The maximum absolute atomic E-state index is 12.4. The van der Waals surface area contributed by atoms with Crippen molar-refractivity contribution in [2.45, 2.75) is 13.0 Å². The minimum atomic E-state index is -0.228. The average molecular weight is 322 g/mol. The molecule has 0 saturated heterocycles. The van der Waals surface area contributed by atoms with E-state index < -0.39 is 0 Å². The van der Waals surface area contributed by atoms with Crippen molar-refractivity contribution in [3.8, 4) is 5.69 Å². The van der Waals surface area contributed by atoms with E-state index in [1.54, 1.807) is 17.9 Å². The Morgan fingerprint density at radius 2 is 1.96 bits per heavy atom. The van der Waals surface area contributed by atoms with Crippen LogP contribution in [0.4, 0.5) is 0 Å². The molecule has 6 nitrogen and oxygen atoms in total. The van der Waals surface area contributed by atoms with Gasteiger partial charge in [0.2, 0.25) is 5.56 Å². The summed E-state index contributed by atoms with van der Waals surface area (Å²) in [7, 11) is 1.62. The highest BCUT2D eigenvalue weighted by Crippen LogP contribution is 2.21. The lowest BCUT2D eigenvalue weighted by Gasteiger charge is -2.18. The summed E-state index contributed by atoms with van der Waals surface area (Å²) in [5.74, 6) is -0.228. The van der Waals surface area contributed by atoms with Crippen LogP contribution in [0.5, 0.6) is 0 Å². The van der Waals surface area contributed by atoms with Crippen molar-refractivity contribution in [3.05, 3.63) is 82.5 Å². The number of para-hydroxylation sites is 1. The number of carbonyl (C=O) groups excluding carboxylic acids is 1. The van der Waals surface area contributed by atoms with E-state index in [0.29, 0.717) is 5.56 Å². The number of nitrogens with one attached hydrogen (secondary N) is 1. The number of hydrogen-bond donors (Lipinski definition) is 1. The molecule has 122 valence electrons. The van der Waals surface area contributed by atoms with Gasteiger partial charge in [-0.1, -0.05) is 18.2 Å². The molecular weight excluding hydrogens is 304 g/mol. The van der Waals surface area contributed by atoms with E-state index in [2.05, 4.69) is 10.4 Å². The van der Waals surface area contributed by atoms with Gasteiger partial charge in [0, 0.05) is 31.7 Å². The van der Waals surface area contributed by atoms with Gasteiger partial charge in [0.1, 0.15) is 0 Å². The summed E-state index contributed by atoms with van der Waals surface area (Å²) in [5.41, 5.74) is 2.17. The van der Waals surface area contributed by atoms with Gasteiger partial charge in [0.15, 0.2) is 0 Å². The van der Waals surface area contributed by atoms with Crippen LogP contribution in [-0.2, 0) is 7.05 Å². The van der Waals surface area contributed by atoms with Crippen molar-refractivity contribution >= 4 is 5.91 Å². The van der Waals surface area contributed by atoms with Gasteiger partial charge in [-0.3, -0.25) is 9.59 Å². The quantitative estimate of drug-likeness (QED) is 0.799. The second kappa shape index (κ2) is 6.54. The number of pyridine rings is 1. The molecule has 0 aliphatic rings. The molecule has 2 aromatic heterocycles. The van der Waals surface area contributed by atoms with Crippen LogP contribution in [0, 0.1) is 0 Å². The molecule has 0 spiro atoms. The molecular formula is C18H18N4O2. The molecule has 2 heterocycles. The first kappa shape index (κ1) is 15.7. The highest BCUT2D eigenvalue weighted by molar-refractivity contribution is 5.94. The standard InChI is InChI=1S/C18H18N4O2/c1-13(20-18(24)14-8-9-17(23)21(2)12-14)15-6-3-4-7-16(15)22-11-5-10-19-22/h3-13H,1-2H3,(H,20,24)/t13-/m1/s1. The first-order valence-corrected chi connectivity index (χ1v) is 7.63. The number of benzene rings is 1. The highest BCUT2D eigenvalue weighted by Gasteiger charge is 2.15. The minimum absolute atomic E-state index is 0.149. The summed E-state index contributed by atoms with van der Waals surface area (Å²) in [6.45, 7) is 1.92. The van der Waals surface area contributed by atoms with Crippen LogP contribution in [0.25, 0.3) is 5.69 Å². The van der Waals surface area contributed by atoms with E-state index in [9.17, 15) is 9.59 Å². The fourth-order valence-corrected chi connectivity index (χ4v) is 2.56. The summed E-state index contributed by atoms with van der Waals surface area (Å²) in [4.78, 5) is 23.9. The third-order valence-corrected chi connectivity index (χ3v) is 3.85. The van der Waals surface area contributed by atoms with Gasteiger partial charge in [-0.05, 0) is 30.7 Å². The van der Waals surface area contributed by atoms with Crippen LogP contribution in [0.1, 0.15) is 28.9 Å². The maximum Gasteiger partial charge on any atom is 0.253 e. The molecule has 3 aromatic rings. The summed E-state index contributed by atoms with van der Waals surface area (Å²) < 4.78 is 3.15. The lowest BCUT2D eigenvalue weighted by molar-refractivity contribution is 0.0939. The number of aromatic nitrogens is 3. The van der Waals surface area contributed by atoms with E-state index in [1.165, 1.54) is 22.9 Å². The van der Waals surface area contributed by atoms with E-state index >= 15 is 0 Å². The molecule has 0 aliphatic heterocycles. The van der Waals surface area contributed by atoms with Crippen molar-refractivity contribution < 1.29 is 4.79 Å². The van der Waals surface area contributed by atoms with E-state index in [-0.39, 0.29) is 17.5 Å². The first-order chi connectivity index (χ1) is 11.6. The highest BCUT2D eigenvalue weighted by atomic mass is 16.2. The number of amides is 1. The van der Waals surface area contributed by atoms with Crippen LogP contribution in [0.3, 0.4) is 0 Å². The zero-order chi connectivity index (χ0) is 17.1. The zero-order valence-electron chi connectivity index (χ0n) is 13.5. The summed E-state index contributed by atoms with van der Waals surface area (Å²) in [6.07, 6.45) is 5.11. The van der Waals surface area contributed by atoms with Crippen molar-refractivity contribution in [2.75, 3.05) is 0 Å². The predicted molar refractivity (Wildman–Crippen MR) is 91.1 cm³/mol. The molecule has 0 fully saturated rings. The lowest BCUT2D eigenvalue weighted by atomic mass is 10.1. The monoisotopic (exact) mass is 322 g/mol. The Morgan fingerprint density at radius 3 is 2.67 bits per heavy atom. The first-order valence-electron chi connectivity index (χ1n) is 7.63. The van der Waals surface area contributed by atoms with Crippen molar-refractivity contribution in [2.24, 2.45) is 7.05 Å².